The molecule has 144 valence electrons. The van der Waals surface area contributed by atoms with Crippen LogP contribution in [0.4, 0.5) is 0 Å². The van der Waals surface area contributed by atoms with Crippen molar-refractivity contribution in [2.24, 2.45) is 7.05 Å². The summed E-state index contributed by atoms with van der Waals surface area (Å²) in [6.07, 6.45) is 5.64. The molecule has 0 spiro atoms. The Morgan fingerprint density at radius 1 is 1.07 bits per heavy atom. The number of nitrogens with one attached hydrogen (secondary N) is 1. The van der Waals surface area contributed by atoms with Gasteiger partial charge in [-0.05, 0) is 0 Å². The van der Waals surface area contributed by atoms with Crippen molar-refractivity contribution in [3.63, 3.8) is 0 Å². The molecule has 0 saturated heterocycles. The van der Waals surface area contributed by atoms with Gasteiger partial charge in [0.2, 0.25) is 0 Å². The van der Waals surface area contributed by atoms with Gasteiger partial charge in [0.1, 0.15) is 23.9 Å². The van der Waals surface area contributed by atoms with Crippen molar-refractivity contribution in [1.29, 1.82) is 0 Å². The van der Waals surface area contributed by atoms with Gasteiger partial charge in [0.05, 0.1) is 27.9 Å². The summed E-state index contributed by atoms with van der Waals surface area (Å²) >= 11 is 11.7. The van der Waals surface area contributed by atoms with E-state index in [9.17, 15) is 9.59 Å². The second kappa shape index (κ2) is 7.79. The monoisotopic (exact) mass is 422 g/mol. The molecule has 4 aromatic rings. The number of ether oxygens (including phenoxy) is 1. The fourth-order valence-corrected chi connectivity index (χ4v) is 3.05. The molecule has 0 atom stereocenters. The van der Waals surface area contributed by atoms with E-state index >= 15 is 0 Å². The van der Waals surface area contributed by atoms with Crippen LogP contribution in [0.1, 0.15) is 21.0 Å². The Bertz CT molecular complexity index is 1200. The standard InChI is InChI=1S/2C8H6ClN3O2/c1-12-2-4(9)5-6(8(13)14)10-3-11-7(5)12;1-14-8(13)6-5-4(9)2-10-7(5)12-3-11-6/h2-3H,1H3,(H,13,14);2-3H,1H3,(H,10,11,12). The number of carboxylic acids is 1. The second-order valence-corrected chi connectivity index (χ2v) is 6.20. The smallest absolute Gasteiger partial charge is 0.357 e. The SMILES string of the molecule is COC(=O)c1ncnc2[nH]cc(Cl)c12.Cn1cc(Cl)c2c(C(=O)O)ncnc21. The lowest BCUT2D eigenvalue weighted by atomic mass is 10.3. The highest BCUT2D eigenvalue weighted by Crippen LogP contribution is 2.25. The number of esters is 1. The first kappa shape index (κ1) is 19.5. The van der Waals surface area contributed by atoms with E-state index in [-0.39, 0.29) is 11.4 Å². The molecule has 4 aromatic heterocycles. The van der Waals surface area contributed by atoms with Crippen LogP contribution in [-0.2, 0) is 11.8 Å². The van der Waals surface area contributed by atoms with Crippen molar-refractivity contribution in [2.75, 3.05) is 7.11 Å². The average Bonchev–Trinajstić information content (AvgIpc) is 3.21. The van der Waals surface area contributed by atoms with Crippen LogP contribution in [0.3, 0.4) is 0 Å². The minimum Gasteiger partial charge on any atom is -0.476 e. The van der Waals surface area contributed by atoms with Crippen LogP contribution in [0.15, 0.2) is 25.0 Å². The number of carbonyl (C=O) groups excluding carboxylic acids is 1. The number of methoxy groups -OCH3 is 1. The van der Waals surface area contributed by atoms with Gasteiger partial charge < -0.3 is 19.4 Å². The zero-order valence-corrected chi connectivity index (χ0v) is 16.0. The first-order valence-electron chi connectivity index (χ1n) is 7.59. The minimum atomic E-state index is -1.11. The molecule has 0 aliphatic rings. The summed E-state index contributed by atoms with van der Waals surface area (Å²) in [6.45, 7) is 0. The van der Waals surface area contributed by atoms with E-state index in [2.05, 4.69) is 29.7 Å². The topological polar surface area (TPSA) is 136 Å². The Morgan fingerprint density at radius 2 is 1.75 bits per heavy atom. The molecule has 0 fully saturated rings. The van der Waals surface area contributed by atoms with Gasteiger partial charge in [0, 0.05) is 19.4 Å². The number of nitrogens with zero attached hydrogens (tertiary/aromatic N) is 5. The van der Waals surface area contributed by atoms with Crippen molar-refractivity contribution in [2.45, 2.75) is 0 Å². The molecule has 0 saturated carbocycles. The van der Waals surface area contributed by atoms with Gasteiger partial charge in [-0.2, -0.15) is 0 Å². The van der Waals surface area contributed by atoms with Crippen molar-refractivity contribution >= 4 is 57.2 Å². The molecule has 0 aliphatic carbocycles. The summed E-state index contributed by atoms with van der Waals surface area (Å²) in [5.41, 5.74) is 1.14. The highest BCUT2D eigenvalue weighted by molar-refractivity contribution is 6.37. The zero-order valence-electron chi connectivity index (χ0n) is 14.5. The molecule has 0 unspecified atom stereocenters. The van der Waals surface area contributed by atoms with Gasteiger partial charge in [-0.3, -0.25) is 0 Å². The summed E-state index contributed by atoms with van der Waals surface area (Å²) in [5, 5.41) is 10.5. The first-order valence-corrected chi connectivity index (χ1v) is 8.35. The van der Waals surface area contributed by atoms with Gasteiger partial charge in [-0.25, -0.2) is 29.5 Å². The fourth-order valence-electron chi connectivity index (χ4n) is 2.50. The lowest BCUT2D eigenvalue weighted by molar-refractivity contribution is 0.0595. The Morgan fingerprint density at radius 3 is 2.43 bits per heavy atom. The van der Waals surface area contributed by atoms with Crippen molar-refractivity contribution in [1.82, 2.24) is 29.5 Å². The van der Waals surface area contributed by atoms with E-state index in [0.717, 1.165) is 0 Å². The van der Waals surface area contributed by atoms with Crippen LogP contribution in [0.5, 0.6) is 0 Å². The van der Waals surface area contributed by atoms with E-state index in [1.54, 1.807) is 24.0 Å². The van der Waals surface area contributed by atoms with Gasteiger partial charge in [0.25, 0.3) is 0 Å². The maximum absolute atomic E-state index is 11.3. The Labute approximate surface area is 167 Å². The number of H-pyrrole nitrogens is 1. The number of fused-ring (bicyclic) bond motifs is 2. The molecule has 0 aromatic carbocycles. The fraction of sp³-hybridized carbons (Fsp3) is 0.125. The number of carboxylic acid groups (broad SMARTS) is 1. The molecule has 12 heteroatoms. The van der Waals surface area contributed by atoms with Crippen molar-refractivity contribution < 1.29 is 19.4 Å². The Hall–Kier alpha value is -3.24. The van der Waals surface area contributed by atoms with E-state index < -0.39 is 11.9 Å². The summed E-state index contributed by atoms with van der Waals surface area (Å²) in [5.74, 6) is -1.63. The zero-order chi connectivity index (χ0) is 20.4. The van der Waals surface area contributed by atoms with E-state index in [1.165, 1.54) is 19.8 Å². The van der Waals surface area contributed by atoms with Crippen molar-refractivity contribution in [3.8, 4) is 0 Å². The molecule has 0 radical (unpaired) electrons. The molecule has 0 amide bonds. The van der Waals surface area contributed by atoms with Crippen LogP contribution in [-0.4, -0.2) is 53.6 Å². The summed E-state index contributed by atoms with van der Waals surface area (Å²) in [7, 11) is 3.03. The summed E-state index contributed by atoms with van der Waals surface area (Å²) in [4.78, 5) is 40.3. The molecule has 10 nitrogen and oxygen atoms in total. The highest BCUT2D eigenvalue weighted by atomic mass is 35.5. The highest BCUT2D eigenvalue weighted by Gasteiger charge is 2.17. The largest absolute Gasteiger partial charge is 0.476 e. The quantitative estimate of drug-likeness (QED) is 0.470. The molecular formula is C16H12Cl2N6O4. The van der Waals surface area contributed by atoms with Gasteiger partial charge in [-0.1, -0.05) is 23.2 Å². The van der Waals surface area contributed by atoms with E-state index in [4.69, 9.17) is 28.3 Å². The van der Waals surface area contributed by atoms with E-state index in [0.29, 0.717) is 32.1 Å². The molecule has 4 heterocycles. The molecule has 0 bridgehead atoms. The number of carbonyl (C=O) groups is 2. The van der Waals surface area contributed by atoms with Gasteiger partial charge in [-0.15, -0.1) is 0 Å². The predicted molar refractivity (Wildman–Crippen MR) is 101 cm³/mol. The summed E-state index contributed by atoms with van der Waals surface area (Å²) in [6, 6.07) is 0. The van der Waals surface area contributed by atoms with Crippen LogP contribution < -0.4 is 0 Å². The Balaban J connectivity index is 0.000000161. The number of aromatic amines is 1. The predicted octanol–water partition coefficient (Wildman–Crippen LogP) is 2.72. The van der Waals surface area contributed by atoms with Crippen molar-refractivity contribution in [3.05, 3.63) is 46.5 Å². The number of hydrogen-bond acceptors (Lipinski definition) is 7. The third kappa shape index (κ3) is 3.47. The first-order chi connectivity index (χ1) is 13.3. The molecule has 28 heavy (non-hydrogen) atoms. The third-order valence-electron chi connectivity index (χ3n) is 3.71. The molecule has 2 N–H and O–H groups in total. The van der Waals surface area contributed by atoms with Gasteiger partial charge >= 0.3 is 11.9 Å². The number of halogens is 2. The molecule has 0 aliphatic heterocycles. The maximum atomic E-state index is 11.3. The lowest BCUT2D eigenvalue weighted by Crippen LogP contribution is -2.05. The third-order valence-corrected chi connectivity index (χ3v) is 4.29. The van der Waals surface area contributed by atoms with Crippen LogP contribution in [0.2, 0.25) is 10.0 Å². The number of rotatable bonds is 2. The van der Waals surface area contributed by atoms with Crippen LogP contribution in [0.25, 0.3) is 22.1 Å². The Kier molecular flexibility index (Phi) is 5.43. The normalized spacial score (nSPS) is 10.6. The second-order valence-electron chi connectivity index (χ2n) is 5.39. The van der Waals surface area contributed by atoms with Crippen LogP contribution >= 0.6 is 23.2 Å². The number of hydrogen-bond donors (Lipinski definition) is 2. The maximum Gasteiger partial charge on any atom is 0.357 e. The number of aromatic nitrogens is 6. The number of aryl methyl sites for hydroxylation is 1. The van der Waals surface area contributed by atoms with Gasteiger partial charge in [0.15, 0.2) is 11.4 Å². The van der Waals surface area contributed by atoms with Crippen LogP contribution in [0, 0.1) is 0 Å². The molecule has 4 rings (SSSR count). The lowest BCUT2D eigenvalue weighted by Gasteiger charge is -1.98. The minimum absolute atomic E-state index is 0.0689. The number of aromatic carboxylic acids is 1. The average molecular weight is 423 g/mol. The van der Waals surface area contributed by atoms with E-state index in [1.807, 2.05) is 0 Å². The summed E-state index contributed by atoms with van der Waals surface area (Å²) < 4.78 is 6.23. The molecular weight excluding hydrogens is 411 g/mol.